The Hall–Kier alpha value is -0.120. The molecule has 0 aromatic heterocycles. The number of hydrogen-bond acceptors (Lipinski definition) is 3. The maximum absolute atomic E-state index is 5.94. The average Bonchev–Trinajstić information content (AvgIpc) is 2.65. The smallest absolute Gasteiger partial charge is 0.165 e. The second kappa shape index (κ2) is 6.72. The van der Waals surface area contributed by atoms with Crippen LogP contribution < -0.4 is 0 Å². The van der Waals surface area contributed by atoms with Crippen molar-refractivity contribution in [2.45, 2.75) is 47.3 Å². The van der Waals surface area contributed by atoms with Gasteiger partial charge in [-0.3, -0.25) is 0 Å². The molecule has 3 nitrogen and oxygen atoms in total. The minimum absolute atomic E-state index is 0.0176. The highest BCUT2D eigenvalue weighted by atomic mass is 16.7. The van der Waals surface area contributed by atoms with Gasteiger partial charge in [0.1, 0.15) is 0 Å². The minimum Gasteiger partial charge on any atom is -0.381 e. The fraction of sp³-hybridized carbons (Fsp3) is 1.00. The van der Waals surface area contributed by atoms with E-state index in [1.807, 2.05) is 0 Å². The summed E-state index contributed by atoms with van der Waals surface area (Å²) in [5, 5.41) is 0. The molecule has 1 fully saturated rings. The van der Waals surface area contributed by atoms with Gasteiger partial charge in [0.15, 0.2) is 6.29 Å². The van der Waals surface area contributed by atoms with Crippen LogP contribution in [0, 0.1) is 17.3 Å². The maximum atomic E-state index is 5.94. The van der Waals surface area contributed by atoms with Gasteiger partial charge in [0, 0.05) is 12.0 Å². The Kier molecular flexibility index (Phi) is 5.90. The quantitative estimate of drug-likeness (QED) is 0.644. The Morgan fingerprint density at radius 3 is 1.94 bits per heavy atom. The van der Waals surface area contributed by atoms with Crippen LogP contribution in [0.4, 0.5) is 0 Å². The van der Waals surface area contributed by atoms with Crippen LogP contribution in [0.2, 0.25) is 0 Å². The van der Waals surface area contributed by atoms with Gasteiger partial charge in [-0.1, -0.05) is 34.6 Å². The van der Waals surface area contributed by atoms with E-state index in [4.69, 9.17) is 14.2 Å². The topological polar surface area (TPSA) is 27.7 Å². The first kappa shape index (κ1) is 14.9. The highest BCUT2D eigenvalue weighted by Gasteiger charge is 2.40. The second-order valence-corrected chi connectivity index (χ2v) is 6.24. The van der Waals surface area contributed by atoms with E-state index in [1.54, 1.807) is 0 Å². The van der Waals surface area contributed by atoms with Gasteiger partial charge in [0.25, 0.3) is 0 Å². The zero-order valence-corrected chi connectivity index (χ0v) is 12.0. The summed E-state index contributed by atoms with van der Waals surface area (Å²) in [5.74, 6) is 1.07. The van der Waals surface area contributed by atoms with Crippen LogP contribution >= 0.6 is 0 Å². The van der Waals surface area contributed by atoms with E-state index in [9.17, 15) is 0 Å². The molecule has 1 aliphatic rings. The fourth-order valence-corrected chi connectivity index (χ4v) is 1.88. The molecule has 17 heavy (non-hydrogen) atoms. The summed E-state index contributed by atoms with van der Waals surface area (Å²) in [5.41, 5.74) is 0.0176. The van der Waals surface area contributed by atoms with Crippen LogP contribution in [0.3, 0.4) is 0 Å². The van der Waals surface area contributed by atoms with Gasteiger partial charge in [-0.2, -0.15) is 0 Å². The molecule has 1 aliphatic heterocycles. The molecule has 1 rings (SSSR count). The zero-order chi connectivity index (χ0) is 12.9. The van der Waals surface area contributed by atoms with Gasteiger partial charge in [-0.25, -0.2) is 0 Å². The van der Waals surface area contributed by atoms with Crippen molar-refractivity contribution in [2.24, 2.45) is 17.3 Å². The van der Waals surface area contributed by atoms with Crippen LogP contribution in [0.25, 0.3) is 0 Å². The molecule has 0 amide bonds. The lowest BCUT2D eigenvalue weighted by Crippen LogP contribution is -2.39. The normalized spacial score (nSPS) is 25.4. The summed E-state index contributed by atoms with van der Waals surface area (Å²) in [6, 6.07) is 0. The molecule has 3 heteroatoms. The summed E-state index contributed by atoms with van der Waals surface area (Å²) >= 11 is 0. The van der Waals surface area contributed by atoms with Gasteiger partial charge >= 0.3 is 0 Å². The highest BCUT2D eigenvalue weighted by molar-refractivity contribution is 4.82. The minimum atomic E-state index is -0.130. The molecule has 0 spiro atoms. The maximum Gasteiger partial charge on any atom is 0.165 e. The molecular formula is C14H28O3. The van der Waals surface area contributed by atoms with Crippen LogP contribution in [0.5, 0.6) is 0 Å². The monoisotopic (exact) mass is 244 g/mol. The largest absolute Gasteiger partial charge is 0.381 e. The third-order valence-electron chi connectivity index (χ3n) is 2.98. The molecule has 0 N–H and O–H groups in total. The van der Waals surface area contributed by atoms with Crippen LogP contribution in [0.1, 0.15) is 41.0 Å². The fourth-order valence-electron chi connectivity index (χ4n) is 1.88. The lowest BCUT2D eigenvalue weighted by molar-refractivity contribution is -0.211. The van der Waals surface area contributed by atoms with E-state index in [2.05, 4.69) is 34.6 Å². The molecule has 0 aromatic rings. The van der Waals surface area contributed by atoms with Crippen molar-refractivity contribution in [3.05, 3.63) is 0 Å². The average molecular weight is 244 g/mol. The predicted octanol–water partition coefficient (Wildman–Crippen LogP) is 3.08. The van der Waals surface area contributed by atoms with Crippen molar-refractivity contribution in [1.29, 1.82) is 0 Å². The molecule has 0 bridgehead atoms. The first-order chi connectivity index (χ1) is 7.94. The Labute approximate surface area is 106 Å². The van der Waals surface area contributed by atoms with Crippen molar-refractivity contribution in [1.82, 2.24) is 0 Å². The molecule has 1 saturated heterocycles. The van der Waals surface area contributed by atoms with Crippen molar-refractivity contribution in [3.63, 3.8) is 0 Å². The number of ether oxygens (including phenoxy) is 3. The summed E-state index contributed by atoms with van der Waals surface area (Å²) in [6.07, 6.45) is 0.892. The van der Waals surface area contributed by atoms with E-state index in [-0.39, 0.29) is 11.7 Å². The van der Waals surface area contributed by atoms with Crippen molar-refractivity contribution < 1.29 is 14.2 Å². The highest BCUT2D eigenvalue weighted by Crippen LogP contribution is 2.34. The molecular weight excluding hydrogens is 216 g/mol. The third kappa shape index (κ3) is 4.94. The van der Waals surface area contributed by atoms with Gasteiger partial charge in [-0.15, -0.1) is 0 Å². The predicted molar refractivity (Wildman–Crippen MR) is 68.9 cm³/mol. The molecule has 1 atom stereocenters. The van der Waals surface area contributed by atoms with E-state index in [0.29, 0.717) is 11.8 Å². The van der Waals surface area contributed by atoms with Crippen LogP contribution in [0.15, 0.2) is 0 Å². The van der Waals surface area contributed by atoms with E-state index in [1.165, 1.54) is 0 Å². The standard InChI is InChI=1S/C14H28O3/c1-11(2)8-16-13(17-9-12(3)4)14(5)6-7-15-10-14/h11-13H,6-10H2,1-5H3. The SMILES string of the molecule is CC(C)COC(OCC(C)C)C1(C)CCOC1. The molecule has 0 aromatic carbocycles. The number of rotatable bonds is 7. The molecule has 102 valence electrons. The Morgan fingerprint density at radius 1 is 1.06 bits per heavy atom. The molecule has 1 heterocycles. The van der Waals surface area contributed by atoms with Gasteiger partial charge in [0.2, 0.25) is 0 Å². The lowest BCUT2D eigenvalue weighted by atomic mass is 9.89. The summed E-state index contributed by atoms with van der Waals surface area (Å²) < 4.78 is 17.4. The Bertz CT molecular complexity index is 196. The van der Waals surface area contributed by atoms with Crippen molar-refractivity contribution in [3.8, 4) is 0 Å². The van der Waals surface area contributed by atoms with Crippen LogP contribution in [-0.2, 0) is 14.2 Å². The summed E-state index contributed by atoms with van der Waals surface area (Å²) in [4.78, 5) is 0. The van der Waals surface area contributed by atoms with E-state index in [0.717, 1.165) is 32.8 Å². The first-order valence-corrected chi connectivity index (χ1v) is 6.75. The second-order valence-electron chi connectivity index (χ2n) is 6.24. The summed E-state index contributed by atoms with van der Waals surface area (Å²) in [7, 11) is 0. The molecule has 1 unspecified atom stereocenters. The van der Waals surface area contributed by atoms with Crippen molar-refractivity contribution in [2.75, 3.05) is 26.4 Å². The number of hydrogen-bond donors (Lipinski definition) is 0. The zero-order valence-electron chi connectivity index (χ0n) is 12.0. The first-order valence-electron chi connectivity index (χ1n) is 6.75. The van der Waals surface area contributed by atoms with Crippen molar-refractivity contribution >= 4 is 0 Å². The molecule has 0 radical (unpaired) electrons. The Balaban J connectivity index is 2.51. The molecule has 0 aliphatic carbocycles. The van der Waals surface area contributed by atoms with Gasteiger partial charge < -0.3 is 14.2 Å². The van der Waals surface area contributed by atoms with E-state index >= 15 is 0 Å². The summed E-state index contributed by atoms with van der Waals surface area (Å²) in [6.45, 7) is 13.9. The third-order valence-corrected chi connectivity index (χ3v) is 2.98. The van der Waals surface area contributed by atoms with Gasteiger partial charge in [0.05, 0.1) is 19.8 Å². The van der Waals surface area contributed by atoms with Gasteiger partial charge in [-0.05, 0) is 18.3 Å². The Morgan fingerprint density at radius 2 is 1.59 bits per heavy atom. The molecule has 0 saturated carbocycles. The van der Waals surface area contributed by atoms with E-state index < -0.39 is 0 Å². The van der Waals surface area contributed by atoms with Crippen LogP contribution in [-0.4, -0.2) is 32.7 Å². The lowest BCUT2D eigenvalue weighted by Gasteiger charge is -2.33.